The topological polar surface area (TPSA) is 92.4 Å². The molecule has 1 aromatic carbocycles. The van der Waals surface area contributed by atoms with Gasteiger partial charge in [-0.2, -0.15) is 0 Å². The third-order valence-electron chi connectivity index (χ3n) is 2.56. The molecule has 0 aliphatic carbocycles. The van der Waals surface area contributed by atoms with Gasteiger partial charge in [0.2, 0.25) is 0 Å². The second-order valence-electron chi connectivity index (χ2n) is 4.39. The number of halogens is 2. The van der Waals surface area contributed by atoms with Gasteiger partial charge in [-0.25, -0.2) is 4.79 Å². The number of rotatable bonds is 4. The minimum atomic E-state index is -1.10. The SMILES string of the molecule is CC(C)[C@@H](NC(=O)c1cc(Cl)c(N)c(Cl)c1)C(=O)O. The first-order valence-electron chi connectivity index (χ1n) is 5.52. The first-order chi connectivity index (χ1) is 8.73. The lowest BCUT2D eigenvalue weighted by molar-refractivity contribution is -0.140. The van der Waals surface area contributed by atoms with Gasteiger partial charge in [0.25, 0.3) is 5.91 Å². The number of carboxylic acids is 1. The molecule has 0 aromatic heterocycles. The summed E-state index contributed by atoms with van der Waals surface area (Å²) in [5, 5.41) is 11.7. The molecule has 0 saturated carbocycles. The van der Waals surface area contributed by atoms with Gasteiger partial charge < -0.3 is 16.2 Å². The Hall–Kier alpha value is -1.46. The van der Waals surface area contributed by atoms with Crippen LogP contribution in [0.5, 0.6) is 0 Å². The Morgan fingerprint density at radius 2 is 1.74 bits per heavy atom. The molecule has 0 unspecified atom stereocenters. The molecule has 0 aliphatic heterocycles. The molecular weight excluding hydrogens is 291 g/mol. The van der Waals surface area contributed by atoms with Gasteiger partial charge in [-0.1, -0.05) is 37.0 Å². The van der Waals surface area contributed by atoms with Crippen LogP contribution in [0.3, 0.4) is 0 Å². The Kier molecular flexibility index (Phi) is 5.03. The molecule has 0 heterocycles. The maximum Gasteiger partial charge on any atom is 0.326 e. The number of benzene rings is 1. The van der Waals surface area contributed by atoms with Gasteiger partial charge in [-0.05, 0) is 18.1 Å². The van der Waals surface area contributed by atoms with Gasteiger partial charge in [0.15, 0.2) is 0 Å². The number of anilines is 1. The van der Waals surface area contributed by atoms with Crippen LogP contribution in [-0.4, -0.2) is 23.0 Å². The molecule has 5 nitrogen and oxygen atoms in total. The van der Waals surface area contributed by atoms with Gasteiger partial charge in [0, 0.05) is 5.56 Å². The van der Waals surface area contributed by atoms with Crippen LogP contribution in [0.2, 0.25) is 10.0 Å². The van der Waals surface area contributed by atoms with E-state index < -0.39 is 17.9 Å². The number of hydrogen-bond donors (Lipinski definition) is 3. The van der Waals surface area contributed by atoms with Crippen LogP contribution < -0.4 is 11.1 Å². The van der Waals surface area contributed by atoms with Gasteiger partial charge in [-0.3, -0.25) is 4.79 Å². The number of nitrogens with two attached hydrogens (primary N) is 1. The number of nitrogen functional groups attached to an aromatic ring is 1. The normalized spacial score (nSPS) is 12.3. The molecule has 1 aromatic rings. The highest BCUT2D eigenvalue weighted by Crippen LogP contribution is 2.28. The monoisotopic (exact) mass is 304 g/mol. The molecule has 4 N–H and O–H groups in total. The van der Waals surface area contributed by atoms with Gasteiger partial charge >= 0.3 is 5.97 Å². The van der Waals surface area contributed by atoms with Crippen molar-refractivity contribution in [3.05, 3.63) is 27.7 Å². The summed E-state index contributed by atoms with van der Waals surface area (Å²) in [6.07, 6.45) is 0. The zero-order chi connectivity index (χ0) is 14.7. The fourth-order valence-corrected chi connectivity index (χ4v) is 1.94. The molecule has 1 atom stereocenters. The first-order valence-corrected chi connectivity index (χ1v) is 6.27. The molecule has 7 heteroatoms. The van der Waals surface area contributed by atoms with Crippen LogP contribution in [0.15, 0.2) is 12.1 Å². The molecular formula is C12H14Cl2N2O3. The zero-order valence-electron chi connectivity index (χ0n) is 10.4. The van der Waals surface area contributed by atoms with E-state index in [0.717, 1.165) is 0 Å². The molecule has 1 rings (SSSR count). The molecule has 19 heavy (non-hydrogen) atoms. The lowest BCUT2D eigenvalue weighted by Gasteiger charge is -2.18. The lowest BCUT2D eigenvalue weighted by Crippen LogP contribution is -2.44. The minimum absolute atomic E-state index is 0.147. The summed E-state index contributed by atoms with van der Waals surface area (Å²) in [5.74, 6) is -1.91. The summed E-state index contributed by atoms with van der Waals surface area (Å²) in [6.45, 7) is 3.39. The Balaban J connectivity index is 2.98. The van der Waals surface area contributed by atoms with Crippen LogP contribution in [0.4, 0.5) is 5.69 Å². The van der Waals surface area contributed by atoms with Crippen molar-refractivity contribution < 1.29 is 14.7 Å². The number of carbonyl (C=O) groups is 2. The summed E-state index contributed by atoms with van der Waals surface area (Å²) < 4.78 is 0. The van der Waals surface area contributed by atoms with E-state index in [1.54, 1.807) is 13.8 Å². The molecule has 0 fully saturated rings. The van der Waals surface area contributed by atoms with E-state index >= 15 is 0 Å². The molecule has 1 amide bonds. The van der Waals surface area contributed by atoms with Crippen molar-refractivity contribution in [1.29, 1.82) is 0 Å². The third-order valence-corrected chi connectivity index (χ3v) is 3.19. The quantitative estimate of drug-likeness (QED) is 0.745. The number of carboxylic acid groups (broad SMARTS) is 1. The second-order valence-corrected chi connectivity index (χ2v) is 5.20. The third kappa shape index (κ3) is 3.75. The highest BCUT2D eigenvalue weighted by atomic mass is 35.5. The first kappa shape index (κ1) is 15.6. The van der Waals surface area contributed by atoms with Crippen LogP contribution in [0, 0.1) is 5.92 Å². The predicted octanol–water partition coefficient (Wildman–Crippen LogP) is 2.41. The zero-order valence-corrected chi connectivity index (χ0v) is 11.9. The van der Waals surface area contributed by atoms with Gasteiger partial charge in [0.1, 0.15) is 6.04 Å². The van der Waals surface area contributed by atoms with E-state index in [0.29, 0.717) is 0 Å². The highest BCUT2D eigenvalue weighted by Gasteiger charge is 2.24. The van der Waals surface area contributed by atoms with Crippen molar-refractivity contribution in [2.75, 3.05) is 5.73 Å². The molecule has 0 spiro atoms. The molecule has 0 aliphatic rings. The van der Waals surface area contributed by atoms with Crippen molar-refractivity contribution >= 4 is 40.8 Å². The second kappa shape index (κ2) is 6.12. The van der Waals surface area contributed by atoms with Crippen LogP contribution in [0.1, 0.15) is 24.2 Å². The van der Waals surface area contributed by atoms with E-state index in [9.17, 15) is 9.59 Å². The fraction of sp³-hybridized carbons (Fsp3) is 0.333. The Bertz CT molecular complexity index is 495. The van der Waals surface area contributed by atoms with E-state index in [-0.39, 0.29) is 27.2 Å². The number of amides is 1. The molecule has 104 valence electrons. The largest absolute Gasteiger partial charge is 0.480 e. The summed E-state index contributed by atoms with van der Waals surface area (Å²) in [6, 6.07) is 1.71. The van der Waals surface area contributed by atoms with Crippen LogP contribution in [0.25, 0.3) is 0 Å². The van der Waals surface area contributed by atoms with E-state index in [1.165, 1.54) is 12.1 Å². The predicted molar refractivity (Wildman–Crippen MR) is 74.6 cm³/mol. The number of aliphatic carboxylic acids is 1. The van der Waals surface area contributed by atoms with Crippen LogP contribution in [-0.2, 0) is 4.79 Å². The summed E-state index contributed by atoms with van der Waals surface area (Å²) >= 11 is 11.6. The van der Waals surface area contributed by atoms with Crippen molar-refractivity contribution in [3.63, 3.8) is 0 Å². The Labute approximate surface area is 120 Å². The Morgan fingerprint density at radius 1 is 1.26 bits per heavy atom. The summed E-state index contributed by atoms with van der Waals surface area (Å²) in [4.78, 5) is 23.0. The van der Waals surface area contributed by atoms with Crippen molar-refractivity contribution in [3.8, 4) is 0 Å². The van der Waals surface area contributed by atoms with Gasteiger partial charge in [0.05, 0.1) is 15.7 Å². The van der Waals surface area contributed by atoms with E-state index in [2.05, 4.69) is 5.32 Å². The number of carbonyl (C=O) groups excluding carboxylic acids is 1. The minimum Gasteiger partial charge on any atom is -0.480 e. The number of hydrogen-bond acceptors (Lipinski definition) is 3. The average Bonchev–Trinajstić information content (AvgIpc) is 2.31. The van der Waals surface area contributed by atoms with E-state index in [4.69, 9.17) is 34.0 Å². The lowest BCUT2D eigenvalue weighted by atomic mass is 10.0. The molecule has 0 saturated heterocycles. The van der Waals surface area contributed by atoms with Crippen LogP contribution >= 0.6 is 23.2 Å². The molecule has 0 bridgehead atoms. The standard InChI is InChI=1S/C12H14Cl2N2O3/c1-5(2)10(12(18)19)16-11(17)6-3-7(13)9(15)8(14)4-6/h3-5,10H,15H2,1-2H3,(H,16,17)(H,18,19)/t10-/m1/s1. The highest BCUT2D eigenvalue weighted by molar-refractivity contribution is 6.39. The number of nitrogens with one attached hydrogen (secondary N) is 1. The van der Waals surface area contributed by atoms with Crippen molar-refractivity contribution in [1.82, 2.24) is 5.32 Å². The van der Waals surface area contributed by atoms with Crippen molar-refractivity contribution in [2.24, 2.45) is 5.92 Å². The fourth-order valence-electron chi connectivity index (χ4n) is 1.45. The van der Waals surface area contributed by atoms with Gasteiger partial charge in [-0.15, -0.1) is 0 Å². The van der Waals surface area contributed by atoms with Crippen molar-refractivity contribution in [2.45, 2.75) is 19.9 Å². The maximum atomic E-state index is 11.9. The van der Waals surface area contributed by atoms with E-state index in [1.807, 2.05) is 0 Å². The Morgan fingerprint density at radius 3 is 2.11 bits per heavy atom. The molecule has 0 radical (unpaired) electrons. The maximum absolute atomic E-state index is 11.9. The smallest absolute Gasteiger partial charge is 0.326 e. The average molecular weight is 305 g/mol. The summed E-state index contributed by atoms with van der Waals surface area (Å²) in [5.41, 5.74) is 5.90. The summed E-state index contributed by atoms with van der Waals surface area (Å²) in [7, 11) is 0.